The van der Waals surface area contributed by atoms with E-state index in [4.69, 9.17) is 4.74 Å². The van der Waals surface area contributed by atoms with E-state index in [1.54, 1.807) is 25.1 Å². The van der Waals surface area contributed by atoms with Crippen molar-refractivity contribution in [3.63, 3.8) is 0 Å². The second kappa shape index (κ2) is 16.2. The number of ether oxygens (including phenoxy) is 1. The first-order valence-electron chi connectivity index (χ1n) is 17.2. The summed E-state index contributed by atoms with van der Waals surface area (Å²) in [5.74, 6) is -2.74. The van der Waals surface area contributed by atoms with Gasteiger partial charge in [-0.3, -0.25) is 0 Å². The highest BCUT2D eigenvalue weighted by molar-refractivity contribution is 5.85. The van der Waals surface area contributed by atoms with Gasteiger partial charge >= 0.3 is 0 Å². The summed E-state index contributed by atoms with van der Waals surface area (Å²) in [7, 11) is 0. The Hall–Kier alpha value is -5.61. The van der Waals surface area contributed by atoms with Gasteiger partial charge in [-0.2, -0.15) is 5.26 Å². The van der Waals surface area contributed by atoms with Gasteiger partial charge in [-0.25, -0.2) is 27.5 Å². The topological polar surface area (TPSA) is 109 Å². The van der Waals surface area contributed by atoms with E-state index < -0.39 is 23.2 Å². The Morgan fingerprint density at radius 1 is 0.827 bits per heavy atom. The second-order valence-corrected chi connectivity index (χ2v) is 12.3. The summed E-state index contributed by atoms with van der Waals surface area (Å²) in [5.41, 5.74) is 5.10. The molecule has 0 spiro atoms. The van der Waals surface area contributed by atoms with E-state index in [-0.39, 0.29) is 34.0 Å². The first-order valence-corrected chi connectivity index (χ1v) is 17.2. The van der Waals surface area contributed by atoms with E-state index in [0.29, 0.717) is 22.6 Å². The fourth-order valence-electron chi connectivity index (χ4n) is 6.09. The van der Waals surface area contributed by atoms with Crippen molar-refractivity contribution in [3.05, 3.63) is 100 Å². The van der Waals surface area contributed by atoms with Gasteiger partial charge in [0.1, 0.15) is 24.0 Å². The molecule has 0 amide bonds. The third kappa shape index (κ3) is 7.82. The van der Waals surface area contributed by atoms with Crippen LogP contribution in [0.25, 0.3) is 21.8 Å². The number of rotatable bonds is 6. The van der Waals surface area contributed by atoms with Crippen LogP contribution in [0, 0.1) is 62.3 Å². The maximum absolute atomic E-state index is 15.0. The van der Waals surface area contributed by atoms with Gasteiger partial charge < -0.3 is 29.8 Å². The molecule has 0 unspecified atom stereocenters. The molecule has 0 bridgehead atoms. The summed E-state index contributed by atoms with van der Waals surface area (Å²) >= 11 is 0. The number of halogens is 4. The van der Waals surface area contributed by atoms with Gasteiger partial charge in [-0.05, 0) is 81.8 Å². The van der Waals surface area contributed by atoms with Crippen molar-refractivity contribution in [2.24, 2.45) is 0 Å². The van der Waals surface area contributed by atoms with Crippen molar-refractivity contribution in [1.82, 2.24) is 24.8 Å². The molecule has 1 aliphatic heterocycles. The van der Waals surface area contributed by atoms with Gasteiger partial charge in [0, 0.05) is 60.1 Å². The molecule has 6 aromatic rings. The van der Waals surface area contributed by atoms with E-state index in [9.17, 15) is 18.4 Å². The van der Waals surface area contributed by atoms with Gasteiger partial charge in [0.05, 0.1) is 16.7 Å². The summed E-state index contributed by atoms with van der Waals surface area (Å²) in [4.78, 5) is 18.1. The van der Waals surface area contributed by atoms with Gasteiger partial charge in [0.15, 0.2) is 28.8 Å². The Balaban J connectivity index is 0.000000290. The minimum Gasteiger partial charge on any atom is -0.434 e. The maximum atomic E-state index is 15.0. The molecule has 7 rings (SSSR count). The molecule has 9 nitrogen and oxygen atoms in total. The van der Waals surface area contributed by atoms with Crippen molar-refractivity contribution in [2.45, 2.75) is 48.5 Å². The fourth-order valence-corrected chi connectivity index (χ4v) is 6.09. The summed E-state index contributed by atoms with van der Waals surface area (Å²) in [5, 5.41) is 13.7. The first kappa shape index (κ1) is 37.6. The molecule has 0 radical (unpaired) electrons. The summed E-state index contributed by atoms with van der Waals surface area (Å²) in [6.07, 6.45) is 1.11. The molecule has 52 heavy (non-hydrogen) atoms. The van der Waals surface area contributed by atoms with Crippen LogP contribution in [-0.2, 0) is 0 Å². The van der Waals surface area contributed by atoms with Crippen molar-refractivity contribution in [1.29, 1.82) is 5.26 Å². The van der Waals surface area contributed by atoms with Crippen LogP contribution in [0.4, 0.5) is 34.8 Å². The van der Waals surface area contributed by atoms with Crippen molar-refractivity contribution in [2.75, 3.05) is 42.9 Å². The zero-order valence-corrected chi connectivity index (χ0v) is 30.3. The number of hydrogen-bond acceptors (Lipinski definition) is 7. The third-order valence-corrected chi connectivity index (χ3v) is 8.93. The average molecular weight is 715 g/mol. The molecule has 1 fully saturated rings. The van der Waals surface area contributed by atoms with Gasteiger partial charge in [-0.1, -0.05) is 20.8 Å². The predicted octanol–water partition coefficient (Wildman–Crippen LogP) is 9.49. The fraction of sp³-hybridized carbons (Fsp3) is 0.308. The van der Waals surface area contributed by atoms with Crippen LogP contribution in [0.5, 0.6) is 11.6 Å². The summed E-state index contributed by atoms with van der Waals surface area (Å²) in [6.45, 7) is 17.8. The maximum Gasteiger partial charge on any atom is 0.242 e. The van der Waals surface area contributed by atoms with Crippen molar-refractivity contribution >= 4 is 39.0 Å². The highest BCUT2D eigenvalue weighted by Crippen LogP contribution is 2.35. The Morgan fingerprint density at radius 2 is 1.46 bits per heavy atom. The molecule has 0 atom stereocenters. The lowest BCUT2D eigenvalue weighted by molar-refractivity contribution is 0.270. The quantitative estimate of drug-likeness (QED) is 0.148. The molecule has 3 aromatic heterocycles. The number of nitrogens with one attached hydrogen (secondary N) is 3. The number of likely N-dealkylation sites (N-methyl/N-ethyl adjacent to an activating group) is 1. The van der Waals surface area contributed by atoms with Crippen LogP contribution >= 0.6 is 0 Å². The molecule has 1 saturated heterocycles. The van der Waals surface area contributed by atoms with Gasteiger partial charge in [-0.15, -0.1) is 0 Å². The molecule has 13 heteroatoms. The van der Waals surface area contributed by atoms with Crippen LogP contribution < -0.4 is 15.0 Å². The number of hydrogen-bond donors (Lipinski definition) is 3. The van der Waals surface area contributed by atoms with Gasteiger partial charge in [0.25, 0.3) is 0 Å². The Morgan fingerprint density at radius 3 is 2.10 bits per heavy atom. The number of fused-ring (bicyclic) bond motifs is 2. The first-order chi connectivity index (χ1) is 25.0. The number of anilines is 3. The number of aromatic amines is 2. The SMILES string of the molecule is CC.CCN1CCN(c2ccc(Nc3ncnc(Oc4cc(F)c5[nH]c(C)cc5c4F)c3C#N)cc2F)CC1.Cc1cc2c(C)c(C)cc(F)c2[nH]1. The Labute approximate surface area is 300 Å². The van der Waals surface area contributed by atoms with Crippen LogP contribution in [-0.4, -0.2) is 57.6 Å². The van der Waals surface area contributed by atoms with E-state index in [2.05, 4.69) is 37.1 Å². The van der Waals surface area contributed by atoms with E-state index in [1.165, 1.54) is 12.1 Å². The lowest BCUT2D eigenvalue weighted by Crippen LogP contribution is -2.46. The number of nitriles is 1. The smallest absolute Gasteiger partial charge is 0.242 e. The standard InChI is InChI=1S/C26H24F3N7O.C11H12FN.C2H6/c1-3-35-6-8-36(9-7-35)21-5-4-16(11-19(21)27)34-25-18(13-30)26(32-14-31-25)37-22-12-20(28)24-17(23(22)29)10-15(2)33-24;1-6-4-10(12)11-9(8(6)3)5-7(2)13-11;1-2/h4-5,10-12,14,33H,3,6-9H2,1-2H3,(H,31,32,34);4-5,13H,1-3H3;1-2H3. The number of aromatic nitrogens is 4. The molecule has 4 heterocycles. The summed E-state index contributed by atoms with van der Waals surface area (Å²) in [6, 6.07) is 12.5. The average Bonchev–Trinajstić information content (AvgIpc) is 3.74. The minimum absolute atomic E-state index is 0.0186. The zero-order valence-electron chi connectivity index (χ0n) is 30.3. The lowest BCUT2D eigenvalue weighted by Gasteiger charge is -2.35. The molecule has 3 N–H and O–H groups in total. The molecule has 1 aliphatic rings. The third-order valence-electron chi connectivity index (χ3n) is 8.93. The normalized spacial score (nSPS) is 12.9. The van der Waals surface area contributed by atoms with Crippen molar-refractivity contribution in [3.8, 4) is 17.7 Å². The number of aryl methyl sites for hydroxylation is 4. The Kier molecular flexibility index (Phi) is 11.7. The largest absolute Gasteiger partial charge is 0.434 e. The minimum atomic E-state index is -0.796. The summed E-state index contributed by atoms with van der Waals surface area (Å²) < 4.78 is 63.4. The molecule has 0 saturated carbocycles. The van der Waals surface area contributed by atoms with Crippen molar-refractivity contribution < 1.29 is 22.3 Å². The van der Waals surface area contributed by atoms with Crippen LogP contribution in [0.15, 0.2) is 48.8 Å². The number of H-pyrrole nitrogens is 2. The van der Waals surface area contributed by atoms with Crippen LogP contribution in [0.3, 0.4) is 0 Å². The molecule has 272 valence electrons. The van der Waals surface area contributed by atoms with Crippen LogP contribution in [0.2, 0.25) is 0 Å². The Bertz CT molecular complexity index is 2250. The monoisotopic (exact) mass is 714 g/mol. The number of benzene rings is 3. The zero-order chi connectivity index (χ0) is 37.7. The van der Waals surface area contributed by atoms with Gasteiger partial charge in [0.2, 0.25) is 5.88 Å². The van der Waals surface area contributed by atoms with E-state index in [1.807, 2.05) is 51.7 Å². The van der Waals surface area contributed by atoms with E-state index >= 15 is 4.39 Å². The van der Waals surface area contributed by atoms with Crippen LogP contribution in [0.1, 0.15) is 48.8 Å². The molecular weight excluding hydrogens is 672 g/mol. The number of nitrogens with zero attached hydrogens (tertiary/aromatic N) is 5. The second-order valence-electron chi connectivity index (χ2n) is 12.3. The predicted molar refractivity (Wildman–Crippen MR) is 198 cm³/mol. The highest BCUT2D eigenvalue weighted by Gasteiger charge is 2.22. The number of piperazine rings is 1. The lowest BCUT2D eigenvalue weighted by atomic mass is 10.1. The highest BCUT2D eigenvalue weighted by atomic mass is 19.1. The molecule has 0 aliphatic carbocycles. The molecular formula is C39H42F4N8O. The molecule has 3 aromatic carbocycles. The van der Waals surface area contributed by atoms with E-state index in [0.717, 1.165) is 67.3 Å².